The first-order chi connectivity index (χ1) is 9.95. The van der Waals surface area contributed by atoms with Gasteiger partial charge in [-0.15, -0.1) is 0 Å². The molecule has 1 heterocycles. The van der Waals surface area contributed by atoms with Crippen molar-refractivity contribution in [3.63, 3.8) is 0 Å². The Bertz CT molecular complexity index is 591. The molecule has 1 N–H and O–H groups in total. The molecule has 2 aromatic rings. The lowest BCUT2D eigenvalue weighted by atomic mass is 9.97. The molecule has 0 saturated heterocycles. The van der Waals surface area contributed by atoms with Crippen molar-refractivity contribution in [2.24, 2.45) is 0 Å². The number of ether oxygens (including phenoxy) is 1. The number of hydrogen-bond acceptors (Lipinski definition) is 3. The van der Waals surface area contributed by atoms with Crippen molar-refractivity contribution >= 4 is 11.0 Å². The summed E-state index contributed by atoms with van der Waals surface area (Å²) in [6.45, 7) is 7.13. The molecular weight excluding hydrogens is 269 g/mol. The van der Waals surface area contributed by atoms with E-state index < -0.39 is 0 Å². The number of nitrogens with one attached hydrogen (secondary N) is 1. The first-order valence-corrected chi connectivity index (χ1v) is 7.42. The zero-order valence-electron chi connectivity index (χ0n) is 13.2. The van der Waals surface area contributed by atoms with Gasteiger partial charge in [-0.3, -0.25) is 0 Å². The summed E-state index contributed by atoms with van der Waals surface area (Å²) >= 11 is 0. The number of rotatable bonds is 7. The van der Waals surface area contributed by atoms with Gasteiger partial charge in [0, 0.05) is 12.5 Å². The molecule has 3 nitrogen and oxygen atoms in total. The van der Waals surface area contributed by atoms with Crippen molar-refractivity contribution in [2.45, 2.75) is 45.3 Å². The fourth-order valence-corrected chi connectivity index (χ4v) is 2.37. The molecular formula is C17H24FNO2. The highest BCUT2D eigenvalue weighted by Gasteiger charge is 2.26. The fraction of sp³-hybridized carbons (Fsp3) is 0.529. The lowest BCUT2D eigenvalue weighted by molar-refractivity contribution is 0.00516. The van der Waals surface area contributed by atoms with E-state index in [4.69, 9.17) is 9.15 Å². The first kappa shape index (κ1) is 16.0. The maximum absolute atomic E-state index is 13.3. The summed E-state index contributed by atoms with van der Waals surface area (Å²) in [6.07, 6.45) is 1.82. The lowest BCUT2D eigenvalue weighted by Crippen LogP contribution is -2.32. The van der Waals surface area contributed by atoms with Crippen LogP contribution in [0, 0.1) is 5.82 Å². The van der Waals surface area contributed by atoms with Crippen LogP contribution < -0.4 is 5.32 Å². The molecule has 116 valence electrons. The van der Waals surface area contributed by atoms with Crippen molar-refractivity contribution in [2.75, 3.05) is 13.7 Å². The molecule has 0 aliphatic carbocycles. The summed E-state index contributed by atoms with van der Waals surface area (Å²) in [4.78, 5) is 0. The van der Waals surface area contributed by atoms with Gasteiger partial charge in [0.1, 0.15) is 17.2 Å². The number of benzene rings is 1. The summed E-state index contributed by atoms with van der Waals surface area (Å²) in [7, 11) is 1.71. The number of hydrogen-bond donors (Lipinski definition) is 1. The normalized spacial score (nSPS) is 13.8. The molecule has 0 saturated carbocycles. The molecule has 0 aliphatic rings. The zero-order valence-corrected chi connectivity index (χ0v) is 13.2. The monoisotopic (exact) mass is 293 g/mol. The van der Waals surface area contributed by atoms with Crippen molar-refractivity contribution in [3.8, 4) is 0 Å². The van der Waals surface area contributed by atoms with Crippen LogP contribution in [0.15, 0.2) is 28.7 Å². The van der Waals surface area contributed by atoms with Crippen LogP contribution in [-0.2, 0) is 4.74 Å². The van der Waals surface area contributed by atoms with E-state index >= 15 is 0 Å². The summed E-state index contributed by atoms with van der Waals surface area (Å²) in [6, 6.07) is 6.56. The van der Waals surface area contributed by atoms with Crippen molar-refractivity contribution in [1.82, 2.24) is 5.32 Å². The smallest absolute Gasteiger partial charge is 0.134 e. The Kier molecular flexibility index (Phi) is 5.01. The van der Waals surface area contributed by atoms with Gasteiger partial charge >= 0.3 is 0 Å². The maximum atomic E-state index is 13.3. The van der Waals surface area contributed by atoms with Gasteiger partial charge in [0.15, 0.2) is 0 Å². The van der Waals surface area contributed by atoms with E-state index in [2.05, 4.69) is 26.1 Å². The van der Waals surface area contributed by atoms with Gasteiger partial charge in [0.25, 0.3) is 0 Å². The van der Waals surface area contributed by atoms with E-state index in [1.54, 1.807) is 13.2 Å². The molecule has 0 radical (unpaired) electrons. The van der Waals surface area contributed by atoms with Gasteiger partial charge in [0.05, 0.1) is 11.6 Å². The molecule has 4 heteroatoms. The van der Waals surface area contributed by atoms with Crippen LogP contribution in [0.25, 0.3) is 11.0 Å². The van der Waals surface area contributed by atoms with Gasteiger partial charge < -0.3 is 14.5 Å². The Morgan fingerprint density at radius 1 is 1.33 bits per heavy atom. The molecule has 1 unspecified atom stereocenters. The maximum Gasteiger partial charge on any atom is 0.134 e. The highest BCUT2D eigenvalue weighted by atomic mass is 19.1. The highest BCUT2D eigenvalue weighted by molar-refractivity contribution is 5.78. The summed E-state index contributed by atoms with van der Waals surface area (Å²) < 4.78 is 24.7. The van der Waals surface area contributed by atoms with Crippen molar-refractivity contribution in [3.05, 3.63) is 35.8 Å². The summed E-state index contributed by atoms with van der Waals surface area (Å²) in [5.41, 5.74) is 0.459. The van der Waals surface area contributed by atoms with Crippen LogP contribution in [0.1, 0.15) is 45.4 Å². The molecule has 2 rings (SSSR count). The van der Waals surface area contributed by atoms with Crippen LogP contribution in [0.4, 0.5) is 4.39 Å². The minimum Gasteiger partial charge on any atom is -0.459 e. The molecule has 0 aliphatic heterocycles. The Morgan fingerprint density at radius 2 is 2.10 bits per heavy atom. The van der Waals surface area contributed by atoms with E-state index in [1.165, 1.54) is 12.1 Å². The van der Waals surface area contributed by atoms with Crippen molar-refractivity contribution < 1.29 is 13.5 Å². The minimum absolute atomic E-state index is 0.0513. The average Bonchev–Trinajstić information content (AvgIpc) is 2.86. The number of halogens is 1. The van der Waals surface area contributed by atoms with Crippen LogP contribution in [0.5, 0.6) is 0 Å². The van der Waals surface area contributed by atoms with Crippen LogP contribution in [-0.4, -0.2) is 19.3 Å². The second-order valence-electron chi connectivity index (χ2n) is 6.01. The van der Waals surface area contributed by atoms with Gasteiger partial charge in [-0.1, -0.05) is 6.92 Å². The Labute approximate surface area is 125 Å². The third-order valence-corrected chi connectivity index (χ3v) is 3.73. The lowest BCUT2D eigenvalue weighted by Gasteiger charge is -2.28. The molecule has 21 heavy (non-hydrogen) atoms. The van der Waals surface area contributed by atoms with E-state index in [0.29, 0.717) is 5.58 Å². The van der Waals surface area contributed by atoms with Crippen LogP contribution in [0.3, 0.4) is 0 Å². The fourth-order valence-electron chi connectivity index (χ4n) is 2.37. The Hall–Kier alpha value is -1.39. The summed E-state index contributed by atoms with van der Waals surface area (Å²) in [5.74, 6) is 0.583. The first-order valence-electron chi connectivity index (χ1n) is 7.42. The predicted molar refractivity (Wildman–Crippen MR) is 82.9 cm³/mol. The van der Waals surface area contributed by atoms with Gasteiger partial charge in [-0.25, -0.2) is 4.39 Å². The van der Waals surface area contributed by atoms with E-state index in [0.717, 1.165) is 30.5 Å². The second kappa shape index (κ2) is 6.58. The van der Waals surface area contributed by atoms with E-state index in [1.807, 2.05) is 6.07 Å². The van der Waals surface area contributed by atoms with Gasteiger partial charge in [0.2, 0.25) is 0 Å². The molecule has 0 amide bonds. The Morgan fingerprint density at radius 3 is 2.76 bits per heavy atom. The van der Waals surface area contributed by atoms with Crippen LogP contribution >= 0.6 is 0 Å². The minimum atomic E-state index is -0.254. The van der Waals surface area contributed by atoms with Crippen LogP contribution in [0.2, 0.25) is 0 Å². The zero-order chi connectivity index (χ0) is 15.5. The van der Waals surface area contributed by atoms with E-state index in [9.17, 15) is 4.39 Å². The average molecular weight is 293 g/mol. The molecule has 0 bridgehead atoms. The van der Waals surface area contributed by atoms with Gasteiger partial charge in [-0.2, -0.15) is 0 Å². The molecule has 1 atom stereocenters. The topological polar surface area (TPSA) is 34.4 Å². The van der Waals surface area contributed by atoms with Gasteiger partial charge in [-0.05, 0) is 57.5 Å². The number of methoxy groups -OCH3 is 1. The molecule has 0 fully saturated rings. The Balaban J connectivity index is 2.28. The molecule has 1 aromatic heterocycles. The third-order valence-electron chi connectivity index (χ3n) is 3.73. The second-order valence-corrected chi connectivity index (χ2v) is 6.01. The number of fused-ring (bicyclic) bond motifs is 1. The number of furan rings is 1. The van der Waals surface area contributed by atoms with E-state index in [-0.39, 0.29) is 17.5 Å². The largest absolute Gasteiger partial charge is 0.459 e. The standard InChI is InChI=1S/C17H24FNO2/c1-5-8-19-14(11-17(2,3)20-4)16-10-12-9-13(18)6-7-15(12)21-16/h6-7,9-10,14,19H,5,8,11H2,1-4H3. The predicted octanol–water partition coefficient (Wildman–Crippen LogP) is 4.43. The molecule has 0 spiro atoms. The molecule has 1 aromatic carbocycles. The highest BCUT2D eigenvalue weighted by Crippen LogP contribution is 2.30. The quantitative estimate of drug-likeness (QED) is 0.820. The van der Waals surface area contributed by atoms with Crippen molar-refractivity contribution in [1.29, 1.82) is 0 Å². The summed E-state index contributed by atoms with van der Waals surface area (Å²) in [5, 5.41) is 4.28. The third kappa shape index (κ3) is 4.05. The SMILES string of the molecule is CCCNC(CC(C)(C)OC)c1cc2cc(F)ccc2o1.